The van der Waals surface area contributed by atoms with Gasteiger partial charge < -0.3 is 9.47 Å². The van der Waals surface area contributed by atoms with Crippen molar-refractivity contribution in [1.82, 2.24) is 0 Å². The second-order valence-electron chi connectivity index (χ2n) is 3.32. The largest absolute Gasteiger partial charge is 0.375 e. The van der Waals surface area contributed by atoms with E-state index in [9.17, 15) is 8.78 Å². The molecule has 1 heterocycles. The van der Waals surface area contributed by atoms with Gasteiger partial charge in [-0.15, -0.1) is 0 Å². The second-order valence-corrected chi connectivity index (χ2v) is 3.32. The summed E-state index contributed by atoms with van der Waals surface area (Å²) in [6.07, 6.45) is 0. The van der Waals surface area contributed by atoms with Crippen molar-refractivity contribution < 1.29 is 18.3 Å². The van der Waals surface area contributed by atoms with Gasteiger partial charge >= 0.3 is 0 Å². The quantitative estimate of drug-likeness (QED) is 0.725. The summed E-state index contributed by atoms with van der Waals surface area (Å²) >= 11 is 0. The van der Waals surface area contributed by atoms with Crippen LogP contribution in [0.4, 0.5) is 8.78 Å². The third-order valence-electron chi connectivity index (χ3n) is 2.48. The molecule has 0 N–H and O–H groups in total. The molecule has 0 spiro atoms. The van der Waals surface area contributed by atoms with E-state index in [-0.39, 0.29) is 18.8 Å². The molecule has 76 valence electrons. The van der Waals surface area contributed by atoms with Gasteiger partial charge in [0, 0.05) is 12.7 Å². The molecule has 14 heavy (non-hydrogen) atoms. The lowest BCUT2D eigenvalue weighted by Gasteiger charge is -2.40. The highest BCUT2D eigenvalue weighted by Gasteiger charge is 2.42. The van der Waals surface area contributed by atoms with Crippen LogP contribution in [0.15, 0.2) is 18.2 Å². The Morgan fingerprint density at radius 3 is 2.57 bits per heavy atom. The average molecular weight is 200 g/mol. The zero-order valence-corrected chi connectivity index (χ0v) is 7.72. The first kappa shape index (κ1) is 9.55. The van der Waals surface area contributed by atoms with Crippen LogP contribution in [0.2, 0.25) is 0 Å². The van der Waals surface area contributed by atoms with Crippen molar-refractivity contribution in [2.24, 2.45) is 0 Å². The van der Waals surface area contributed by atoms with Crippen LogP contribution in [0.3, 0.4) is 0 Å². The van der Waals surface area contributed by atoms with Crippen LogP contribution in [0.1, 0.15) is 5.56 Å². The summed E-state index contributed by atoms with van der Waals surface area (Å²) in [6, 6.07) is 3.34. The minimum Gasteiger partial charge on any atom is -0.375 e. The lowest BCUT2D eigenvalue weighted by atomic mass is 9.91. The minimum atomic E-state index is -0.799. The van der Waals surface area contributed by atoms with Gasteiger partial charge in [0.05, 0.1) is 13.2 Å². The number of ether oxygens (including phenoxy) is 2. The topological polar surface area (TPSA) is 18.5 Å². The zero-order valence-electron chi connectivity index (χ0n) is 7.72. The molecule has 0 bridgehead atoms. The molecule has 0 saturated carbocycles. The highest BCUT2D eigenvalue weighted by Crippen LogP contribution is 2.34. The zero-order chi connectivity index (χ0) is 10.2. The molecule has 2 nitrogen and oxygen atoms in total. The van der Waals surface area contributed by atoms with Gasteiger partial charge in [-0.05, 0) is 18.2 Å². The normalized spacial score (nSPS) is 19.1. The Kier molecular flexibility index (Phi) is 2.25. The van der Waals surface area contributed by atoms with E-state index in [2.05, 4.69) is 0 Å². The van der Waals surface area contributed by atoms with E-state index in [4.69, 9.17) is 9.47 Å². The summed E-state index contributed by atoms with van der Waals surface area (Å²) in [4.78, 5) is 0. The first-order valence-corrected chi connectivity index (χ1v) is 4.26. The fourth-order valence-corrected chi connectivity index (χ4v) is 1.52. The van der Waals surface area contributed by atoms with Crippen LogP contribution < -0.4 is 0 Å². The van der Waals surface area contributed by atoms with Crippen molar-refractivity contribution in [2.75, 3.05) is 20.3 Å². The molecule has 0 atom stereocenters. The summed E-state index contributed by atoms with van der Waals surface area (Å²) in [6.45, 7) is 0.535. The van der Waals surface area contributed by atoms with Crippen molar-refractivity contribution in [3.05, 3.63) is 35.4 Å². The van der Waals surface area contributed by atoms with E-state index in [1.807, 2.05) is 0 Å². The van der Waals surface area contributed by atoms with Crippen molar-refractivity contribution in [3.8, 4) is 0 Å². The standard InChI is InChI=1S/C10H10F2O2/c1-13-10(5-14-6-10)8-4-7(11)2-3-9(8)12/h2-4H,5-6H2,1H3. The molecule has 1 aromatic rings. The molecule has 1 aliphatic rings. The maximum atomic E-state index is 13.4. The third-order valence-corrected chi connectivity index (χ3v) is 2.48. The molecule has 4 heteroatoms. The molecule has 0 radical (unpaired) electrons. The summed E-state index contributed by atoms with van der Waals surface area (Å²) in [5, 5.41) is 0. The van der Waals surface area contributed by atoms with Crippen LogP contribution in [0.25, 0.3) is 0 Å². The third kappa shape index (κ3) is 1.31. The molecule has 1 fully saturated rings. The molecule has 1 saturated heterocycles. The Balaban J connectivity index is 2.43. The number of hydrogen-bond acceptors (Lipinski definition) is 2. The van der Waals surface area contributed by atoms with Gasteiger partial charge in [-0.1, -0.05) is 0 Å². The highest BCUT2D eigenvalue weighted by molar-refractivity contribution is 5.27. The predicted molar refractivity (Wildman–Crippen MR) is 45.9 cm³/mol. The number of halogens is 2. The summed E-state index contributed by atoms with van der Waals surface area (Å²) in [7, 11) is 1.47. The molecule has 0 aromatic heterocycles. The first-order valence-electron chi connectivity index (χ1n) is 4.26. The van der Waals surface area contributed by atoms with E-state index in [1.165, 1.54) is 7.11 Å². The van der Waals surface area contributed by atoms with Gasteiger partial charge in [0.15, 0.2) is 0 Å². The maximum Gasteiger partial charge on any atom is 0.142 e. The first-order chi connectivity index (χ1) is 6.68. The molecule has 2 rings (SSSR count). The SMILES string of the molecule is COC1(c2cc(F)ccc2F)COC1. The molecule has 0 unspecified atom stereocenters. The van der Waals surface area contributed by atoms with Gasteiger partial charge in [0.25, 0.3) is 0 Å². The Morgan fingerprint density at radius 2 is 2.07 bits per heavy atom. The second kappa shape index (κ2) is 3.29. The number of benzene rings is 1. The fraction of sp³-hybridized carbons (Fsp3) is 0.400. The van der Waals surface area contributed by atoms with Gasteiger partial charge in [-0.2, -0.15) is 0 Å². The summed E-state index contributed by atoms with van der Waals surface area (Å²) in [5.74, 6) is -0.929. The van der Waals surface area contributed by atoms with E-state index in [0.29, 0.717) is 0 Å². The van der Waals surface area contributed by atoms with Crippen molar-refractivity contribution in [1.29, 1.82) is 0 Å². The highest BCUT2D eigenvalue weighted by atomic mass is 19.1. The number of methoxy groups -OCH3 is 1. The molecular weight excluding hydrogens is 190 g/mol. The Labute approximate surface area is 80.4 Å². The van der Waals surface area contributed by atoms with Crippen molar-refractivity contribution in [3.63, 3.8) is 0 Å². The molecular formula is C10H10F2O2. The smallest absolute Gasteiger partial charge is 0.142 e. The van der Waals surface area contributed by atoms with E-state index < -0.39 is 17.2 Å². The molecule has 0 aliphatic carbocycles. The van der Waals surface area contributed by atoms with E-state index >= 15 is 0 Å². The monoisotopic (exact) mass is 200 g/mol. The van der Waals surface area contributed by atoms with Gasteiger partial charge in [-0.25, -0.2) is 8.78 Å². The predicted octanol–water partition coefficient (Wildman–Crippen LogP) is 1.84. The van der Waals surface area contributed by atoms with Gasteiger partial charge in [0.2, 0.25) is 0 Å². The lowest BCUT2D eigenvalue weighted by molar-refractivity contribution is -0.204. The summed E-state index contributed by atoms with van der Waals surface area (Å²) in [5.41, 5.74) is -0.571. The van der Waals surface area contributed by atoms with Gasteiger partial charge in [0.1, 0.15) is 17.2 Å². The fourth-order valence-electron chi connectivity index (χ4n) is 1.52. The summed E-state index contributed by atoms with van der Waals surface area (Å²) < 4.78 is 36.4. The van der Waals surface area contributed by atoms with Crippen LogP contribution in [-0.4, -0.2) is 20.3 Å². The molecule has 1 aliphatic heterocycles. The van der Waals surface area contributed by atoms with Crippen molar-refractivity contribution >= 4 is 0 Å². The number of rotatable bonds is 2. The lowest BCUT2D eigenvalue weighted by Crippen LogP contribution is -2.48. The van der Waals surface area contributed by atoms with Gasteiger partial charge in [-0.3, -0.25) is 0 Å². The minimum absolute atomic E-state index is 0.228. The van der Waals surface area contributed by atoms with Crippen molar-refractivity contribution in [2.45, 2.75) is 5.60 Å². The van der Waals surface area contributed by atoms with Crippen LogP contribution >= 0.6 is 0 Å². The van der Waals surface area contributed by atoms with E-state index in [1.54, 1.807) is 0 Å². The van der Waals surface area contributed by atoms with Crippen LogP contribution in [0.5, 0.6) is 0 Å². The number of hydrogen-bond donors (Lipinski definition) is 0. The Bertz CT molecular complexity index is 342. The molecule has 0 amide bonds. The van der Waals surface area contributed by atoms with E-state index in [0.717, 1.165) is 18.2 Å². The Morgan fingerprint density at radius 1 is 1.36 bits per heavy atom. The maximum absolute atomic E-state index is 13.4. The van der Waals surface area contributed by atoms with Crippen LogP contribution in [-0.2, 0) is 15.1 Å². The molecule has 1 aromatic carbocycles. The van der Waals surface area contributed by atoms with Crippen LogP contribution in [0, 0.1) is 11.6 Å². The Hall–Kier alpha value is -1.00. The average Bonchev–Trinajstić information content (AvgIpc) is 2.10.